The van der Waals surface area contributed by atoms with E-state index in [0.717, 1.165) is 36.3 Å². The van der Waals surface area contributed by atoms with Crippen molar-refractivity contribution < 1.29 is 4.79 Å². The average Bonchev–Trinajstić information content (AvgIpc) is 2.35. The van der Waals surface area contributed by atoms with E-state index in [0.29, 0.717) is 5.92 Å². The van der Waals surface area contributed by atoms with Gasteiger partial charge in [0.1, 0.15) is 0 Å². The fourth-order valence-corrected chi connectivity index (χ4v) is 2.29. The SMILES string of the molecule is CCCNc1ccc(C)cc1C(=O)NCC1CCC1. The summed E-state index contributed by atoms with van der Waals surface area (Å²) in [5.41, 5.74) is 2.84. The van der Waals surface area contributed by atoms with E-state index in [2.05, 4.69) is 17.6 Å². The number of benzene rings is 1. The van der Waals surface area contributed by atoms with E-state index in [1.54, 1.807) is 0 Å². The number of carbonyl (C=O) groups excluding carboxylic acids is 1. The molecular formula is C16H24N2O. The van der Waals surface area contributed by atoms with Crippen molar-refractivity contribution in [2.24, 2.45) is 5.92 Å². The lowest BCUT2D eigenvalue weighted by Crippen LogP contribution is -2.32. The lowest BCUT2D eigenvalue weighted by atomic mass is 9.85. The van der Waals surface area contributed by atoms with Crippen molar-refractivity contribution >= 4 is 11.6 Å². The van der Waals surface area contributed by atoms with Crippen LogP contribution in [-0.4, -0.2) is 19.0 Å². The number of nitrogens with one attached hydrogen (secondary N) is 2. The Kier molecular flexibility index (Phi) is 4.83. The lowest BCUT2D eigenvalue weighted by Gasteiger charge is -2.25. The third-order valence-corrected chi connectivity index (χ3v) is 3.76. The van der Waals surface area contributed by atoms with Crippen molar-refractivity contribution in [3.63, 3.8) is 0 Å². The minimum atomic E-state index is 0.0502. The third kappa shape index (κ3) is 3.72. The quantitative estimate of drug-likeness (QED) is 0.823. The molecule has 1 amide bonds. The van der Waals surface area contributed by atoms with E-state index in [4.69, 9.17) is 0 Å². The molecule has 1 fully saturated rings. The summed E-state index contributed by atoms with van der Waals surface area (Å²) in [6.07, 6.45) is 4.88. The highest BCUT2D eigenvalue weighted by atomic mass is 16.1. The standard InChI is InChI=1S/C16H24N2O/c1-3-9-17-15-8-7-12(2)10-14(15)16(19)18-11-13-5-4-6-13/h7-8,10,13,17H,3-6,9,11H2,1-2H3,(H,18,19). The zero-order chi connectivity index (χ0) is 13.7. The van der Waals surface area contributed by atoms with E-state index in [-0.39, 0.29) is 5.91 Å². The molecule has 0 heterocycles. The smallest absolute Gasteiger partial charge is 0.253 e. The van der Waals surface area contributed by atoms with Crippen LogP contribution < -0.4 is 10.6 Å². The maximum Gasteiger partial charge on any atom is 0.253 e. The van der Waals surface area contributed by atoms with Gasteiger partial charge in [-0.3, -0.25) is 4.79 Å². The normalized spacial score (nSPS) is 14.8. The second kappa shape index (κ2) is 6.60. The molecule has 0 saturated heterocycles. The summed E-state index contributed by atoms with van der Waals surface area (Å²) in [6, 6.07) is 6.01. The molecule has 0 atom stereocenters. The maximum absolute atomic E-state index is 12.3. The summed E-state index contributed by atoms with van der Waals surface area (Å²) in [6.45, 7) is 5.86. The summed E-state index contributed by atoms with van der Waals surface area (Å²) in [7, 11) is 0. The van der Waals surface area contributed by atoms with E-state index in [1.165, 1.54) is 19.3 Å². The van der Waals surface area contributed by atoms with Crippen LogP contribution in [0.4, 0.5) is 5.69 Å². The Balaban J connectivity index is 2.02. The van der Waals surface area contributed by atoms with Crippen molar-refractivity contribution in [3.8, 4) is 0 Å². The van der Waals surface area contributed by atoms with Crippen LogP contribution >= 0.6 is 0 Å². The Bertz CT molecular complexity index is 438. The fraction of sp³-hybridized carbons (Fsp3) is 0.562. The Labute approximate surface area is 115 Å². The van der Waals surface area contributed by atoms with Crippen LogP contribution in [-0.2, 0) is 0 Å². The van der Waals surface area contributed by atoms with Gasteiger partial charge in [0.15, 0.2) is 0 Å². The van der Waals surface area contributed by atoms with Gasteiger partial charge < -0.3 is 10.6 Å². The van der Waals surface area contributed by atoms with Crippen LogP contribution in [0.2, 0.25) is 0 Å². The minimum absolute atomic E-state index is 0.0502. The van der Waals surface area contributed by atoms with E-state index < -0.39 is 0 Å². The zero-order valence-electron chi connectivity index (χ0n) is 12.0. The van der Waals surface area contributed by atoms with Crippen molar-refractivity contribution in [1.82, 2.24) is 5.32 Å². The molecule has 1 aromatic carbocycles. The van der Waals surface area contributed by atoms with Crippen LogP contribution in [0.1, 0.15) is 48.5 Å². The van der Waals surface area contributed by atoms with Crippen molar-refractivity contribution in [3.05, 3.63) is 29.3 Å². The number of carbonyl (C=O) groups is 1. The van der Waals surface area contributed by atoms with Crippen LogP contribution in [0.25, 0.3) is 0 Å². The number of rotatable bonds is 6. The first-order valence-electron chi connectivity index (χ1n) is 7.33. The first kappa shape index (κ1) is 13.9. The van der Waals surface area contributed by atoms with Gasteiger partial charge in [0.2, 0.25) is 0 Å². The molecular weight excluding hydrogens is 236 g/mol. The van der Waals surface area contributed by atoms with Crippen molar-refractivity contribution in [2.45, 2.75) is 39.5 Å². The predicted molar refractivity (Wildman–Crippen MR) is 79.6 cm³/mol. The van der Waals surface area contributed by atoms with Crippen LogP contribution in [0, 0.1) is 12.8 Å². The number of aryl methyl sites for hydroxylation is 1. The molecule has 0 unspecified atom stereocenters. The monoisotopic (exact) mass is 260 g/mol. The first-order chi connectivity index (χ1) is 9.20. The first-order valence-corrected chi connectivity index (χ1v) is 7.33. The van der Waals surface area contributed by atoms with Gasteiger partial charge in [-0.25, -0.2) is 0 Å². The Hall–Kier alpha value is -1.51. The molecule has 3 heteroatoms. The second-order valence-electron chi connectivity index (χ2n) is 5.48. The van der Waals surface area contributed by atoms with Gasteiger partial charge >= 0.3 is 0 Å². The van der Waals surface area contributed by atoms with E-state index >= 15 is 0 Å². The molecule has 1 aliphatic rings. The number of amides is 1. The number of hydrogen-bond donors (Lipinski definition) is 2. The van der Waals surface area contributed by atoms with Gasteiger partial charge in [-0.15, -0.1) is 0 Å². The summed E-state index contributed by atoms with van der Waals surface area (Å²) >= 11 is 0. The fourth-order valence-electron chi connectivity index (χ4n) is 2.29. The minimum Gasteiger partial charge on any atom is -0.384 e. The molecule has 104 valence electrons. The topological polar surface area (TPSA) is 41.1 Å². The molecule has 0 aromatic heterocycles. The maximum atomic E-state index is 12.3. The zero-order valence-corrected chi connectivity index (χ0v) is 12.0. The molecule has 1 saturated carbocycles. The molecule has 0 bridgehead atoms. The largest absolute Gasteiger partial charge is 0.384 e. The Morgan fingerprint density at radius 2 is 2.16 bits per heavy atom. The van der Waals surface area contributed by atoms with Gasteiger partial charge in [0.25, 0.3) is 5.91 Å². The number of hydrogen-bond acceptors (Lipinski definition) is 2. The molecule has 1 aliphatic carbocycles. The summed E-state index contributed by atoms with van der Waals surface area (Å²) in [4.78, 5) is 12.3. The predicted octanol–water partition coefficient (Wildman–Crippen LogP) is 3.35. The van der Waals surface area contributed by atoms with Crippen LogP contribution in [0.3, 0.4) is 0 Å². The molecule has 1 aromatic rings. The van der Waals surface area contributed by atoms with Gasteiger partial charge in [-0.05, 0) is 44.2 Å². The molecule has 2 N–H and O–H groups in total. The Morgan fingerprint density at radius 1 is 1.37 bits per heavy atom. The molecule has 0 spiro atoms. The highest BCUT2D eigenvalue weighted by molar-refractivity contribution is 5.99. The highest BCUT2D eigenvalue weighted by Crippen LogP contribution is 2.25. The molecule has 19 heavy (non-hydrogen) atoms. The van der Waals surface area contributed by atoms with Crippen LogP contribution in [0.15, 0.2) is 18.2 Å². The van der Waals surface area contributed by atoms with Gasteiger partial charge in [0.05, 0.1) is 5.56 Å². The van der Waals surface area contributed by atoms with Gasteiger partial charge in [-0.1, -0.05) is 25.0 Å². The van der Waals surface area contributed by atoms with E-state index in [1.807, 2.05) is 25.1 Å². The molecule has 2 rings (SSSR count). The third-order valence-electron chi connectivity index (χ3n) is 3.76. The van der Waals surface area contributed by atoms with E-state index in [9.17, 15) is 4.79 Å². The van der Waals surface area contributed by atoms with Crippen molar-refractivity contribution in [1.29, 1.82) is 0 Å². The Morgan fingerprint density at radius 3 is 2.79 bits per heavy atom. The highest BCUT2D eigenvalue weighted by Gasteiger charge is 2.19. The lowest BCUT2D eigenvalue weighted by molar-refractivity contribution is 0.0940. The molecule has 0 aliphatic heterocycles. The second-order valence-corrected chi connectivity index (χ2v) is 5.48. The molecule has 0 radical (unpaired) electrons. The summed E-state index contributed by atoms with van der Waals surface area (Å²) in [5.74, 6) is 0.745. The van der Waals surface area contributed by atoms with Gasteiger partial charge in [-0.2, -0.15) is 0 Å². The summed E-state index contributed by atoms with van der Waals surface area (Å²) in [5, 5.41) is 6.39. The molecule has 3 nitrogen and oxygen atoms in total. The van der Waals surface area contributed by atoms with Gasteiger partial charge in [0, 0.05) is 18.8 Å². The average molecular weight is 260 g/mol. The van der Waals surface area contributed by atoms with Crippen LogP contribution in [0.5, 0.6) is 0 Å². The summed E-state index contributed by atoms with van der Waals surface area (Å²) < 4.78 is 0. The number of anilines is 1. The van der Waals surface area contributed by atoms with Crippen molar-refractivity contribution in [2.75, 3.05) is 18.4 Å².